The predicted molar refractivity (Wildman–Crippen MR) is 101 cm³/mol. The fraction of sp³-hybridized carbons (Fsp3) is 0.333. The summed E-state index contributed by atoms with van der Waals surface area (Å²) in [5.74, 6) is 0. The van der Waals surface area contributed by atoms with Crippen LogP contribution in [0.25, 0.3) is 0 Å². The van der Waals surface area contributed by atoms with Crippen molar-refractivity contribution in [2.24, 2.45) is 0 Å². The zero-order chi connectivity index (χ0) is 17.1. The molecule has 0 atom stereocenters. The Bertz CT molecular complexity index is 645. The van der Waals surface area contributed by atoms with Crippen molar-refractivity contribution in [1.82, 2.24) is 9.80 Å². The molecule has 0 saturated carbocycles. The number of hydrogen-bond acceptors (Lipinski definition) is 6. The molecular formula is C18H26N6. The van der Waals surface area contributed by atoms with Crippen LogP contribution in [-0.4, -0.2) is 36.0 Å². The van der Waals surface area contributed by atoms with E-state index in [-0.39, 0.29) is 0 Å². The minimum absolute atomic E-state index is 0.759. The molecule has 1 heterocycles. The molecule has 2 aromatic carbocycles. The Hall–Kier alpha value is -2.44. The summed E-state index contributed by atoms with van der Waals surface area (Å²) in [6, 6.07) is 11.4. The molecule has 1 aliphatic heterocycles. The van der Waals surface area contributed by atoms with Gasteiger partial charge in [-0.1, -0.05) is 0 Å². The lowest BCUT2D eigenvalue weighted by Crippen LogP contribution is -2.45. The number of nitrogen functional groups attached to an aromatic ring is 4. The molecule has 0 aliphatic carbocycles. The van der Waals surface area contributed by atoms with Gasteiger partial charge in [0.2, 0.25) is 0 Å². The van der Waals surface area contributed by atoms with Gasteiger partial charge in [-0.15, -0.1) is 0 Å². The molecule has 0 spiro atoms. The van der Waals surface area contributed by atoms with Crippen LogP contribution >= 0.6 is 0 Å². The van der Waals surface area contributed by atoms with Crippen molar-refractivity contribution in [3.05, 3.63) is 47.5 Å². The van der Waals surface area contributed by atoms with Crippen molar-refractivity contribution in [3.63, 3.8) is 0 Å². The monoisotopic (exact) mass is 326 g/mol. The van der Waals surface area contributed by atoms with Crippen LogP contribution in [-0.2, 0) is 13.1 Å². The van der Waals surface area contributed by atoms with Crippen LogP contribution in [0.1, 0.15) is 11.1 Å². The predicted octanol–water partition coefficient (Wildman–Crippen LogP) is 1.33. The molecule has 6 nitrogen and oxygen atoms in total. The summed E-state index contributed by atoms with van der Waals surface area (Å²) in [7, 11) is 0. The van der Waals surface area contributed by atoms with Crippen molar-refractivity contribution in [2.45, 2.75) is 13.1 Å². The van der Waals surface area contributed by atoms with Gasteiger partial charge in [0, 0.05) is 62.0 Å². The van der Waals surface area contributed by atoms with Gasteiger partial charge >= 0.3 is 0 Å². The average Bonchev–Trinajstić information content (AvgIpc) is 2.56. The second-order valence-corrected chi connectivity index (χ2v) is 6.47. The first kappa shape index (κ1) is 16.4. The Kier molecular flexibility index (Phi) is 4.78. The van der Waals surface area contributed by atoms with Crippen LogP contribution in [0.4, 0.5) is 22.7 Å². The average molecular weight is 326 g/mol. The van der Waals surface area contributed by atoms with Crippen molar-refractivity contribution >= 4 is 22.7 Å². The fourth-order valence-corrected chi connectivity index (χ4v) is 3.11. The third-order valence-corrected chi connectivity index (χ3v) is 4.59. The first-order chi connectivity index (χ1) is 11.5. The third-order valence-electron chi connectivity index (χ3n) is 4.59. The number of hydrogen-bond donors (Lipinski definition) is 4. The van der Waals surface area contributed by atoms with Gasteiger partial charge in [0.05, 0.1) is 0 Å². The van der Waals surface area contributed by atoms with Gasteiger partial charge in [0.15, 0.2) is 0 Å². The molecule has 6 heteroatoms. The Morgan fingerprint density at radius 3 is 1.38 bits per heavy atom. The molecule has 8 N–H and O–H groups in total. The van der Waals surface area contributed by atoms with Crippen molar-refractivity contribution in [2.75, 3.05) is 49.1 Å². The van der Waals surface area contributed by atoms with Gasteiger partial charge in [-0.2, -0.15) is 0 Å². The van der Waals surface area contributed by atoms with Gasteiger partial charge in [-0.05, 0) is 47.5 Å². The van der Waals surface area contributed by atoms with Gasteiger partial charge in [-0.25, -0.2) is 0 Å². The normalized spacial score (nSPS) is 16.3. The first-order valence-corrected chi connectivity index (χ1v) is 8.24. The lowest BCUT2D eigenvalue weighted by molar-refractivity contribution is 0.122. The van der Waals surface area contributed by atoms with Gasteiger partial charge in [0.25, 0.3) is 0 Å². The Balaban J connectivity index is 1.56. The summed E-state index contributed by atoms with van der Waals surface area (Å²) in [4.78, 5) is 4.81. The summed E-state index contributed by atoms with van der Waals surface area (Å²) in [6.45, 7) is 5.66. The largest absolute Gasteiger partial charge is 0.399 e. The zero-order valence-corrected chi connectivity index (χ0v) is 13.9. The van der Waals surface area contributed by atoms with Crippen molar-refractivity contribution < 1.29 is 0 Å². The second kappa shape index (κ2) is 6.98. The van der Waals surface area contributed by atoms with Crippen LogP contribution < -0.4 is 22.9 Å². The van der Waals surface area contributed by atoms with Crippen molar-refractivity contribution in [3.8, 4) is 0 Å². The number of benzene rings is 2. The van der Waals surface area contributed by atoms with Crippen LogP contribution in [0.2, 0.25) is 0 Å². The number of nitrogens with two attached hydrogens (primary N) is 4. The highest BCUT2D eigenvalue weighted by Gasteiger charge is 2.18. The summed E-state index contributed by atoms with van der Waals surface area (Å²) in [6.07, 6.45) is 0. The molecule has 1 saturated heterocycles. The molecule has 0 aromatic heterocycles. The SMILES string of the molecule is Nc1ccc(N)c(CN2CCN(Cc3cc(N)ccc3N)CC2)c1. The molecule has 128 valence electrons. The summed E-state index contributed by atoms with van der Waals surface area (Å²) in [5, 5.41) is 0. The smallest absolute Gasteiger partial charge is 0.0361 e. The van der Waals surface area contributed by atoms with Crippen LogP contribution in [0.3, 0.4) is 0 Å². The van der Waals surface area contributed by atoms with Gasteiger partial charge in [-0.3, -0.25) is 9.80 Å². The van der Waals surface area contributed by atoms with Crippen molar-refractivity contribution in [1.29, 1.82) is 0 Å². The minimum atomic E-state index is 0.759. The molecule has 0 amide bonds. The standard InChI is InChI=1S/C18H26N6/c19-15-1-3-17(21)13(9-15)11-23-5-7-24(8-6-23)12-14-10-16(20)2-4-18(14)22/h1-4,9-10H,5-8,11-12,19-22H2. The van der Waals surface area contributed by atoms with E-state index >= 15 is 0 Å². The molecule has 24 heavy (non-hydrogen) atoms. The van der Waals surface area contributed by atoms with E-state index < -0.39 is 0 Å². The molecule has 0 unspecified atom stereocenters. The van der Waals surface area contributed by atoms with E-state index in [1.54, 1.807) is 0 Å². The van der Waals surface area contributed by atoms with E-state index in [2.05, 4.69) is 9.80 Å². The third kappa shape index (κ3) is 3.90. The Labute approximate surface area is 143 Å². The van der Waals surface area contributed by atoms with E-state index in [4.69, 9.17) is 22.9 Å². The highest BCUT2D eigenvalue weighted by atomic mass is 15.3. The van der Waals surface area contributed by atoms with Crippen LogP contribution in [0.15, 0.2) is 36.4 Å². The Morgan fingerprint density at radius 1 is 0.625 bits per heavy atom. The minimum Gasteiger partial charge on any atom is -0.399 e. The lowest BCUT2D eigenvalue weighted by Gasteiger charge is -2.35. The number of piperazine rings is 1. The summed E-state index contributed by atoms with van der Waals surface area (Å²) in [5.41, 5.74) is 29.2. The number of nitrogens with zero attached hydrogens (tertiary/aromatic N) is 2. The fourth-order valence-electron chi connectivity index (χ4n) is 3.11. The van der Waals surface area contributed by atoms with E-state index in [9.17, 15) is 0 Å². The van der Waals surface area contributed by atoms with E-state index in [0.29, 0.717) is 0 Å². The molecule has 2 aromatic rings. The number of rotatable bonds is 4. The van der Waals surface area contributed by atoms with E-state index in [1.165, 1.54) is 0 Å². The molecule has 1 aliphatic rings. The quantitative estimate of drug-likeness (QED) is 0.631. The molecule has 1 fully saturated rings. The topological polar surface area (TPSA) is 111 Å². The Morgan fingerprint density at radius 2 is 1.00 bits per heavy atom. The maximum atomic E-state index is 6.05. The maximum absolute atomic E-state index is 6.05. The highest BCUT2D eigenvalue weighted by molar-refractivity contribution is 5.56. The second-order valence-electron chi connectivity index (χ2n) is 6.47. The molecule has 3 rings (SSSR count). The molecule has 0 radical (unpaired) electrons. The van der Waals surface area contributed by atoms with Gasteiger partial charge in [0.1, 0.15) is 0 Å². The summed E-state index contributed by atoms with van der Waals surface area (Å²) >= 11 is 0. The van der Waals surface area contributed by atoms with E-state index in [1.807, 2.05) is 36.4 Å². The highest BCUT2D eigenvalue weighted by Crippen LogP contribution is 2.21. The number of anilines is 4. The maximum Gasteiger partial charge on any atom is 0.0361 e. The molecular weight excluding hydrogens is 300 g/mol. The zero-order valence-electron chi connectivity index (χ0n) is 13.9. The van der Waals surface area contributed by atoms with Crippen LogP contribution in [0.5, 0.6) is 0 Å². The first-order valence-electron chi connectivity index (χ1n) is 8.24. The molecule has 0 bridgehead atoms. The summed E-state index contributed by atoms with van der Waals surface area (Å²) < 4.78 is 0. The lowest BCUT2D eigenvalue weighted by atomic mass is 10.1. The van der Waals surface area contributed by atoms with Gasteiger partial charge < -0.3 is 22.9 Å². The van der Waals surface area contributed by atoms with E-state index in [0.717, 1.165) is 73.1 Å². The van der Waals surface area contributed by atoms with Crippen LogP contribution in [0, 0.1) is 0 Å².